The molecule has 0 bridgehead atoms. The quantitative estimate of drug-likeness (QED) is 0.319. The number of nitrogens with zero attached hydrogens (tertiary/aromatic N) is 1. The van der Waals surface area contributed by atoms with E-state index in [1.807, 2.05) is 30.3 Å². The van der Waals surface area contributed by atoms with E-state index < -0.39 is 11.2 Å². The first-order valence-electron chi connectivity index (χ1n) is 6.78. The van der Waals surface area contributed by atoms with E-state index in [1.165, 1.54) is 6.07 Å². The fraction of sp³-hybridized carbons (Fsp3) is 0. The smallest absolute Gasteiger partial charge is 0.336 e. The maximum Gasteiger partial charge on any atom is 0.336 e. The van der Waals surface area contributed by atoms with E-state index in [0.717, 1.165) is 10.8 Å². The van der Waals surface area contributed by atoms with Gasteiger partial charge in [0.15, 0.2) is 0 Å². The normalized spacial score (nSPS) is 11.1. The molecule has 2 aromatic heterocycles. The maximum absolute atomic E-state index is 12.1. The summed E-state index contributed by atoms with van der Waals surface area (Å²) >= 11 is 4.97. The maximum atomic E-state index is 12.1. The Kier molecular flexibility index (Phi) is 2.95. The van der Waals surface area contributed by atoms with Gasteiger partial charge in [-0.3, -0.25) is 15.0 Å². The Hall–Kier alpha value is -3.06. The first-order chi connectivity index (χ1) is 11.1. The monoisotopic (exact) mass is 323 g/mol. The van der Waals surface area contributed by atoms with E-state index in [1.54, 1.807) is 6.07 Å². The Morgan fingerprint density at radius 3 is 2.74 bits per heavy atom. The molecule has 2 aromatic carbocycles. The van der Waals surface area contributed by atoms with Crippen molar-refractivity contribution in [3.05, 3.63) is 68.0 Å². The molecule has 23 heavy (non-hydrogen) atoms. The number of nitrogens with one attached hydrogen (secondary N) is 2. The summed E-state index contributed by atoms with van der Waals surface area (Å²) in [5, 5.41) is 7.38. The highest BCUT2D eigenvalue weighted by molar-refractivity contribution is 7.71. The fourth-order valence-electron chi connectivity index (χ4n) is 2.66. The van der Waals surface area contributed by atoms with Gasteiger partial charge in [-0.25, -0.2) is 9.78 Å². The van der Waals surface area contributed by atoms with Crippen LogP contribution in [0.25, 0.3) is 33.0 Å². The van der Waals surface area contributed by atoms with Gasteiger partial charge in [0.2, 0.25) is 4.77 Å². The van der Waals surface area contributed by atoms with Crippen LogP contribution in [-0.2, 0) is 0 Å². The second kappa shape index (κ2) is 4.99. The van der Waals surface area contributed by atoms with Gasteiger partial charge in [-0.05, 0) is 29.1 Å². The van der Waals surface area contributed by atoms with Crippen LogP contribution in [0, 0.1) is 4.77 Å². The average molecular weight is 323 g/mol. The Morgan fingerprint density at radius 1 is 1.04 bits per heavy atom. The lowest BCUT2D eigenvalue weighted by atomic mass is 10.0. The topological polar surface area (TPSA) is 91.8 Å². The zero-order valence-electron chi connectivity index (χ0n) is 11.6. The number of hydrogen-bond acceptors (Lipinski definition) is 5. The molecule has 0 aliphatic rings. The Labute approximate surface area is 133 Å². The summed E-state index contributed by atoms with van der Waals surface area (Å²) in [6.07, 6.45) is 0. The van der Waals surface area contributed by atoms with Crippen LogP contribution in [0.2, 0.25) is 0 Å². The summed E-state index contributed by atoms with van der Waals surface area (Å²) in [6.45, 7) is 0. The number of H-pyrrole nitrogens is 2. The van der Waals surface area contributed by atoms with Crippen molar-refractivity contribution >= 4 is 34.0 Å². The molecule has 0 atom stereocenters. The first kappa shape index (κ1) is 13.6. The molecule has 4 aromatic rings. The minimum atomic E-state index is -0.553. The number of hydrogen-bond donors (Lipinski definition) is 2. The van der Waals surface area contributed by atoms with Crippen molar-refractivity contribution in [3.63, 3.8) is 0 Å². The standard InChI is InChI=1S/C16H9N3O3S/c20-12-7-10(14-15(21)18-19-16(23)17-14)13-9-4-2-1-3-8(9)5-6-11(13)22-12/h1-7H,(H,18,21)(H,17,19,23). The van der Waals surface area contributed by atoms with Crippen LogP contribution in [0.15, 0.2) is 56.5 Å². The summed E-state index contributed by atoms with van der Waals surface area (Å²) in [4.78, 5) is 28.1. The van der Waals surface area contributed by atoms with Gasteiger partial charge in [0.25, 0.3) is 5.56 Å². The molecule has 7 heteroatoms. The largest absolute Gasteiger partial charge is 0.423 e. The van der Waals surface area contributed by atoms with Crippen LogP contribution < -0.4 is 11.2 Å². The predicted octanol–water partition coefficient (Wildman–Crippen LogP) is 2.75. The summed E-state index contributed by atoms with van der Waals surface area (Å²) in [6, 6.07) is 12.5. The molecular weight excluding hydrogens is 314 g/mol. The minimum absolute atomic E-state index is 0.0861. The van der Waals surface area contributed by atoms with Crippen LogP contribution in [0.5, 0.6) is 0 Å². The molecule has 0 unspecified atom stereocenters. The number of benzene rings is 2. The number of aromatic nitrogens is 3. The van der Waals surface area contributed by atoms with Crippen molar-refractivity contribution in [3.8, 4) is 11.3 Å². The number of rotatable bonds is 1. The molecule has 4 rings (SSSR count). The molecule has 0 amide bonds. The second-order valence-corrected chi connectivity index (χ2v) is 5.37. The summed E-state index contributed by atoms with van der Waals surface area (Å²) in [7, 11) is 0. The third-order valence-corrected chi connectivity index (χ3v) is 3.79. The van der Waals surface area contributed by atoms with Crippen LogP contribution in [0.1, 0.15) is 0 Å². The number of aromatic amines is 2. The zero-order valence-corrected chi connectivity index (χ0v) is 12.4. The predicted molar refractivity (Wildman–Crippen MR) is 89.0 cm³/mol. The van der Waals surface area contributed by atoms with Gasteiger partial charge in [-0.1, -0.05) is 30.3 Å². The van der Waals surface area contributed by atoms with E-state index >= 15 is 0 Å². The van der Waals surface area contributed by atoms with Crippen LogP contribution >= 0.6 is 12.2 Å². The van der Waals surface area contributed by atoms with Gasteiger partial charge in [0.05, 0.1) is 0 Å². The Bertz CT molecular complexity index is 1240. The molecular formula is C16H9N3O3S. The van der Waals surface area contributed by atoms with Crippen molar-refractivity contribution in [1.82, 2.24) is 15.2 Å². The van der Waals surface area contributed by atoms with E-state index in [9.17, 15) is 9.59 Å². The van der Waals surface area contributed by atoms with E-state index in [4.69, 9.17) is 16.6 Å². The van der Waals surface area contributed by atoms with E-state index in [0.29, 0.717) is 16.5 Å². The van der Waals surface area contributed by atoms with Gasteiger partial charge >= 0.3 is 5.63 Å². The molecule has 0 aliphatic heterocycles. The van der Waals surface area contributed by atoms with Crippen LogP contribution in [0.4, 0.5) is 0 Å². The molecule has 6 nitrogen and oxygen atoms in total. The average Bonchev–Trinajstić information content (AvgIpc) is 2.56. The third-order valence-electron chi connectivity index (χ3n) is 3.60. The molecule has 0 radical (unpaired) electrons. The highest BCUT2D eigenvalue weighted by Crippen LogP contribution is 2.31. The first-order valence-corrected chi connectivity index (χ1v) is 7.19. The van der Waals surface area contributed by atoms with Gasteiger partial charge in [-0.15, -0.1) is 0 Å². The molecule has 2 heterocycles. The van der Waals surface area contributed by atoms with Crippen LogP contribution in [-0.4, -0.2) is 15.2 Å². The summed E-state index contributed by atoms with van der Waals surface area (Å²) in [5.74, 6) is 0. The minimum Gasteiger partial charge on any atom is -0.423 e. The lowest BCUT2D eigenvalue weighted by Crippen LogP contribution is -2.14. The van der Waals surface area contributed by atoms with Gasteiger partial charge in [0, 0.05) is 17.0 Å². The van der Waals surface area contributed by atoms with Crippen molar-refractivity contribution in [1.29, 1.82) is 0 Å². The third kappa shape index (κ3) is 2.18. The van der Waals surface area contributed by atoms with Gasteiger partial charge in [0.1, 0.15) is 11.3 Å². The zero-order chi connectivity index (χ0) is 16.0. The van der Waals surface area contributed by atoms with Crippen LogP contribution in [0.3, 0.4) is 0 Å². The fourth-order valence-corrected chi connectivity index (χ4v) is 2.80. The van der Waals surface area contributed by atoms with Crippen molar-refractivity contribution in [2.75, 3.05) is 0 Å². The van der Waals surface area contributed by atoms with E-state index in [-0.39, 0.29) is 10.5 Å². The van der Waals surface area contributed by atoms with Crippen molar-refractivity contribution in [2.45, 2.75) is 0 Å². The molecule has 0 saturated heterocycles. The highest BCUT2D eigenvalue weighted by Gasteiger charge is 2.15. The second-order valence-electron chi connectivity index (χ2n) is 4.98. The Balaban J connectivity index is 2.28. The highest BCUT2D eigenvalue weighted by atomic mass is 32.1. The molecule has 0 fully saturated rings. The number of fused-ring (bicyclic) bond motifs is 3. The Morgan fingerprint density at radius 2 is 1.87 bits per heavy atom. The van der Waals surface area contributed by atoms with Crippen molar-refractivity contribution in [2.24, 2.45) is 0 Å². The van der Waals surface area contributed by atoms with E-state index in [2.05, 4.69) is 15.2 Å². The molecule has 0 aliphatic carbocycles. The molecule has 2 N–H and O–H groups in total. The molecule has 0 spiro atoms. The van der Waals surface area contributed by atoms with Crippen molar-refractivity contribution < 1.29 is 4.42 Å². The summed E-state index contributed by atoms with van der Waals surface area (Å²) < 4.78 is 5.40. The lowest BCUT2D eigenvalue weighted by Gasteiger charge is -2.07. The summed E-state index contributed by atoms with van der Waals surface area (Å²) in [5.41, 5.74) is -0.135. The van der Waals surface area contributed by atoms with Gasteiger partial charge < -0.3 is 4.42 Å². The molecule has 0 saturated carbocycles. The molecule has 112 valence electrons. The lowest BCUT2D eigenvalue weighted by molar-refractivity contribution is 0.562. The van der Waals surface area contributed by atoms with Gasteiger partial charge in [-0.2, -0.15) is 0 Å². The SMILES string of the molecule is O=c1cc(-c2nc(=S)[nH][nH]c2=O)c2c(ccc3ccccc32)o1.